The van der Waals surface area contributed by atoms with Gasteiger partial charge in [-0.3, -0.25) is 9.69 Å². The van der Waals surface area contributed by atoms with Crippen molar-refractivity contribution in [3.63, 3.8) is 0 Å². The number of hydrogen-bond acceptors (Lipinski definition) is 9. The summed E-state index contributed by atoms with van der Waals surface area (Å²) in [5, 5.41) is 13.1. The van der Waals surface area contributed by atoms with E-state index < -0.39 is 18.6 Å². The number of aromatic nitrogens is 3. The molecule has 0 radical (unpaired) electrons. The summed E-state index contributed by atoms with van der Waals surface area (Å²) >= 11 is 0. The molecule has 12 heteroatoms. The zero-order valence-corrected chi connectivity index (χ0v) is 29.5. The molecule has 6 aromatic rings. The van der Waals surface area contributed by atoms with E-state index in [1.54, 1.807) is 6.07 Å². The molecule has 0 amide bonds. The molecule has 8 rings (SSSR count). The highest BCUT2D eigenvalue weighted by atomic mass is 19.3. The lowest BCUT2D eigenvalue weighted by atomic mass is 9.91. The maximum absolute atomic E-state index is 13.4. The van der Waals surface area contributed by atoms with Gasteiger partial charge in [0.1, 0.15) is 35.8 Å². The summed E-state index contributed by atoms with van der Waals surface area (Å²) in [6.07, 6.45) is 3.93. The third-order valence-electron chi connectivity index (χ3n) is 10.3. The van der Waals surface area contributed by atoms with Gasteiger partial charge in [-0.2, -0.15) is 14.0 Å². The van der Waals surface area contributed by atoms with E-state index in [-0.39, 0.29) is 23.5 Å². The summed E-state index contributed by atoms with van der Waals surface area (Å²) in [5.74, 6) is 0.416. The number of imidazole rings is 1. The number of alkyl halides is 2. The number of fused-ring (bicyclic) bond motifs is 2. The van der Waals surface area contributed by atoms with Crippen LogP contribution in [0, 0.1) is 25.2 Å². The van der Waals surface area contributed by atoms with Crippen LogP contribution in [0.3, 0.4) is 0 Å². The van der Waals surface area contributed by atoms with E-state index in [0.29, 0.717) is 29.2 Å². The molecule has 2 N–H and O–H groups in total. The van der Waals surface area contributed by atoms with Crippen molar-refractivity contribution in [3.8, 4) is 45.8 Å². The molecule has 0 spiro atoms. The Hall–Kier alpha value is -5.64. The Morgan fingerprint density at radius 1 is 0.981 bits per heavy atom. The normalized spacial score (nSPS) is 16.2. The van der Waals surface area contributed by atoms with Gasteiger partial charge in [-0.1, -0.05) is 30.3 Å². The molecule has 0 bridgehead atoms. The first kappa shape index (κ1) is 34.4. The van der Waals surface area contributed by atoms with Crippen LogP contribution >= 0.6 is 0 Å². The second kappa shape index (κ2) is 14.4. The van der Waals surface area contributed by atoms with E-state index in [2.05, 4.69) is 40.3 Å². The molecule has 4 aromatic carbocycles. The van der Waals surface area contributed by atoms with Crippen LogP contribution in [-0.2, 0) is 22.7 Å². The van der Waals surface area contributed by atoms with Gasteiger partial charge in [-0.15, -0.1) is 0 Å². The topological polar surface area (TPSA) is 129 Å². The molecule has 2 saturated heterocycles. The summed E-state index contributed by atoms with van der Waals surface area (Å²) in [6.45, 7) is 4.38. The van der Waals surface area contributed by atoms with Crippen LogP contribution in [-0.4, -0.2) is 58.1 Å². The number of nitriles is 1. The Morgan fingerprint density at radius 2 is 1.72 bits per heavy atom. The number of carbonyl (C=O) groups is 1. The number of oxazole rings is 1. The number of hydrogen-bond donors (Lipinski definition) is 2. The smallest absolute Gasteiger partial charge is 0.387 e. The number of esters is 1. The van der Waals surface area contributed by atoms with Gasteiger partial charge in [0.15, 0.2) is 5.58 Å². The lowest BCUT2D eigenvalue weighted by molar-refractivity contribution is -0.147. The Labute approximate surface area is 304 Å². The van der Waals surface area contributed by atoms with E-state index in [0.717, 1.165) is 82.6 Å². The Bertz CT molecular complexity index is 2380. The average molecular weight is 717 g/mol. The minimum atomic E-state index is -3.08. The minimum absolute atomic E-state index is 0.143. The van der Waals surface area contributed by atoms with Gasteiger partial charge in [0.2, 0.25) is 5.89 Å². The number of H-pyrrole nitrogens is 1. The van der Waals surface area contributed by atoms with Crippen LogP contribution in [0.2, 0.25) is 0 Å². The van der Waals surface area contributed by atoms with Gasteiger partial charge < -0.3 is 24.2 Å². The van der Waals surface area contributed by atoms with Crippen molar-refractivity contribution in [2.24, 2.45) is 0 Å². The first-order chi connectivity index (χ1) is 25.7. The zero-order valence-electron chi connectivity index (χ0n) is 29.5. The highest BCUT2D eigenvalue weighted by molar-refractivity contribution is 5.88. The number of benzene rings is 4. The monoisotopic (exact) mass is 716 g/mol. The molecule has 53 heavy (non-hydrogen) atoms. The van der Waals surface area contributed by atoms with Crippen molar-refractivity contribution < 1.29 is 27.5 Å². The standard InChI is InChI=1S/C41H38F2N6O4/c1-23-28(8-5-10-30(23)38-46-34-17-25(21-49-14-3-4-15-49)16-26(20-44)37(34)48-38)29-9-6-11-31(24(29)2)39-47-33-18-27(22-51-40(50)32-12-7-13-45-32)35(53-41(42)43)19-36(33)52-39/h5-6,8-11,16-19,32,41,45H,3-4,7,12-15,21-22H2,1-2H3,(H,46,48)/t32-/m0/s1. The molecule has 270 valence electrons. The average Bonchev–Trinajstić information content (AvgIpc) is 3.98. The van der Waals surface area contributed by atoms with Crippen LogP contribution in [0.25, 0.3) is 56.1 Å². The Kier molecular flexibility index (Phi) is 9.37. The van der Waals surface area contributed by atoms with E-state index in [1.807, 2.05) is 43.3 Å². The fourth-order valence-corrected chi connectivity index (χ4v) is 7.59. The van der Waals surface area contributed by atoms with Crippen LogP contribution in [0.4, 0.5) is 8.78 Å². The van der Waals surface area contributed by atoms with Crippen LogP contribution in [0.5, 0.6) is 5.75 Å². The van der Waals surface area contributed by atoms with Crippen LogP contribution in [0.15, 0.2) is 65.1 Å². The van der Waals surface area contributed by atoms with Crippen LogP contribution < -0.4 is 10.1 Å². The fraction of sp³-hybridized carbons (Fsp3) is 0.317. The van der Waals surface area contributed by atoms with Gasteiger partial charge >= 0.3 is 12.6 Å². The summed E-state index contributed by atoms with van der Waals surface area (Å²) < 4.78 is 43.2. The molecular weight excluding hydrogens is 678 g/mol. The molecule has 2 aliphatic rings. The molecule has 0 aliphatic carbocycles. The predicted molar refractivity (Wildman–Crippen MR) is 196 cm³/mol. The summed E-state index contributed by atoms with van der Waals surface area (Å²) in [5.41, 5.74) is 9.59. The van der Waals surface area contributed by atoms with Gasteiger partial charge in [0.05, 0.1) is 16.6 Å². The zero-order chi connectivity index (χ0) is 36.6. The van der Waals surface area contributed by atoms with Crippen molar-refractivity contribution >= 4 is 28.1 Å². The van der Waals surface area contributed by atoms with Crippen molar-refractivity contribution in [1.29, 1.82) is 5.26 Å². The SMILES string of the molecule is Cc1c(-c2nc3cc(CN4CCCC4)cc(C#N)c3[nH]2)cccc1-c1cccc(-c2nc3cc(COC(=O)[C@@H]4CCCN4)c(OC(F)F)cc3o2)c1C. The van der Waals surface area contributed by atoms with Gasteiger partial charge in [-0.05, 0) is 111 Å². The quantitative estimate of drug-likeness (QED) is 0.135. The molecule has 0 unspecified atom stereocenters. The third kappa shape index (κ3) is 6.86. The predicted octanol–water partition coefficient (Wildman–Crippen LogP) is 8.19. The van der Waals surface area contributed by atoms with Crippen molar-refractivity contribution in [1.82, 2.24) is 25.2 Å². The number of halogens is 2. The Balaban J connectivity index is 1.11. The molecule has 0 saturated carbocycles. The lowest BCUT2D eigenvalue weighted by Crippen LogP contribution is -2.32. The number of ether oxygens (including phenoxy) is 2. The molecule has 1 atom stereocenters. The minimum Gasteiger partial charge on any atom is -0.460 e. The third-order valence-corrected chi connectivity index (χ3v) is 10.3. The van der Waals surface area contributed by atoms with E-state index in [4.69, 9.17) is 23.9 Å². The second-order valence-electron chi connectivity index (χ2n) is 13.8. The maximum atomic E-state index is 13.4. The number of nitrogens with one attached hydrogen (secondary N) is 2. The first-order valence-corrected chi connectivity index (χ1v) is 17.9. The number of aromatic amines is 1. The van der Waals surface area contributed by atoms with Crippen LogP contribution in [0.1, 0.15) is 53.5 Å². The highest BCUT2D eigenvalue weighted by Crippen LogP contribution is 2.38. The van der Waals surface area contributed by atoms with Crippen molar-refractivity contribution in [3.05, 3.63) is 88.5 Å². The summed E-state index contributed by atoms with van der Waals surface area (Å²) in [4.78, 5) is 28.1. The highest BCUT2D eigenvalue weighted by Gasteiger charge is 2.25. The fourth-order valence-electron chi connectivity index (χ4n) is 7.59. The Morgan fingerprint density at radius 3 is 2.43 bits per heavy atom. The molecule has 10 nitrogen and oxygen atoms in total. The maximum Gasteiger partial charge on any atom is 0.387 e. The van der Waals surface area contributed by atoms with E-state index >= 15 is 0 Å². The summed E-state index contributed by atoms with van der Waals surface area (Å²) in [7, 11) is 0. The largest absolute Gasteiger partial charge is 0.460 e. The molecule has 2 aromatic heterocycles. The molecule has 4 heterocycles. The molecular formula is C41H38F2N6O4. The number of rotatable bonds is 10. The molecule has 2 fully saturated rings. The molecule has 2 aliphatic heterocycles. The van der Waals surface area contributed by atoms with E-state index in [9.17, 15) is 18.8 Å². The lowest BCUT2D eigenvalue weighted by Gasteiger charge is -2.14. The summed E-state index contributed by atoms with van der Waals surface area (Å²) in [6, 6.07) is 20.8. The number of carbonyl (C=O) groups excluding carboxylic acids is 1. The van der Waals surface area contributed by atoms with Gasteiger partial charge in [0, 0.05) is 29.3 Å². The van der Waals surface area contributed by atoms with Crippen molar-refractivity contribution in [2.75, 3.05) is 19.6 Å². The second-order valence-corrected chi connectivity index (χ2v) is 13.8. The van der Waals surface area contributed by atoms with Gasteiger partial charge in [-0.25, -0.2) is 9.97 Å². The van der Waals surface area contributed by atoms with Gasteiger partial charge in [0.25, 0.3) is 0 Å². The number of nitrogens with zero attached hydrogens (tertiary/aromatic N) is 4. The first-order valence-electron chi connectivity index (χ1n) is 17.9. The van der Waals surface area contributed by atoms with Crippen molar-refractivity contribution in [2.45, 2.75) is 65.3 Å². The van der Waals surface area contributed by atoms with E-state index in [1.165, 1.54) is 18.9 Å². The number of likely N-dealkylation sites (tertiary alicyclic amines) is 1.